The van der Waals surface area contributed by atoms with E-state index in [4.69, 9.17) is 0 Å². The minimum Gasteiger partial charge on any atom is -0.258 e. The number of sulfone groups is 1. The highest BCUT2D eigenvalue weighted by atomic mass is 32.2. The molecule has 0 spiro atoms. The predicted molar refractivity (Wildman–Crippen MR) is 89.5 cm³/mol. The van der Waals surface area contributed by atoms with Crippen molar-refractivity contribution in [3.8, 4) is 0 Å². The van der Waals surface area contributed by atoms with E-state index in [0.29, 0.717) is 11.8 Å². The lowest BCUT2D eigenvalue weighted by Gasteiger charge is -2.20. The molecule has 0 N–H and O–H groups in total. The lowest BCUT2D eigenvalue weighted by molar-refractivity contribution is -0.271. The van der Waals surface area contributed by atoms with Gasteiger partial charge in [-0.15, -0.1) is 11.8 Å². The summed E-state index contributed by atoms with van der Waals surface area (Å²) in [6.07, 6.45) is -1.18. The number of hydrogen-bond donors (Lipinski definition) is 0. The predicted octanol–water partition coefficient (Wildman–Crippen LogP) is 3.88. The van der Waals surface area contributed by atoms with Crippen LogP contribution in [0.25, 0.3) is 0 Å². The topological polar surface area (TPSA) is 59.4 Å². The van der Waals surface area contributed by atoms with Gasteiger partial charge in [-0.25, -0.2) is 8.42 Å². The van der Waals surface area contributed by atoms with Crippen molar-refractivity contribution < 1.29 is 30.4 Å². The van der Waals surface area contributed by atoms with Gasteiger partial charge in [0.1, 0.15) is 5.25 Å². The minimum atomic E-state index is -5.61. The van der Waals surface area contributed by atoms with Gasteiger partial charge in [0.2, 0.25) is 0 Å². The molecule has 11 heteroatoms. The van der Waals surface area contributed by atoms with E-state index < -0.39 is 32.9 Å². The number of aromatic nitrogens is 1. The summed E-state index contributed by atoms with van der Waals surface area (Å²) in [5.41, 5.74) is 0.467. The summed E-state index contributed by atoms with van der Waals surface area (Å²) < 4.78 is 86.8. The Bertz CT molecular complexity index is 802. The molecule has 0 saturated carbocycles. The second-order valence-corrected chi connectivity index (χ2v) is 8.97. The van der Waals surface area contributed by atoms with E-state index >= 15 is 0 Å². The van der Waals surface area contributed by atoms with Crippen LogP contribution in [0.3, 0.4) is 0 Å². The molecule has 1 atom stereocenters. The summed E-state index contributed by atoms with van der Waals surface area (Å²) in [5.74, 6) is -6.35. The Hall–Kier alpha value is -1.49. The molecule has 0 unspecified atom stereocenters. The molecule has 1 aromatic rings. The summed E-state index contributed by atoms with van der Waals surface area (Å²) in [6, 6.07) is 2.68. The summed E-state index contributed by atoms with van der Waals surface area (Å²) in [6.45, 7) is 1.51. The van der Waals surface area contributed by atoms with Gasteiger partial charge in [0.15, 0.2) is 9.84 Å². The largest absolute Gasteiger partial charge is 0.454 e. The van der Waals surface area contributed by atoms with E-state index in [1.54, 1.807) is 6.08 Å². The fourth-order valence-corrected chi connectivity index (χ4v) is 4.27. The van der Waals surface area contributed by atoms with Crippen molar-refractivity contribution in [1.82, 2.24) is 4.98 Å². The molecule has 2 rings (SSSR count). The third kappa shape index (κ3) is 4.61. The van der Waals surface area contributed by atoms with E-state index in [1.165, 1.54) is 25.3 Å². The number of allylic oxidation sites excluding steroid dienone is 1. The van der Waals surface area contributed by atoms with Gasteiger partial charge >= 0.3 is 12.1 Å². The zero-order valence-corrected chi connectivity index (χ0v) is 15.1. The molecule has 0 amide bonds. The fraction of sp³-hybridized carbons (Fsp3) is 0.467. The Balaban J connectivity index is 2.16. The van der Waals surface area contributed by atoms with Gasteiger partial charge in [0, 0.05) is 23.0 Å². The highest BCUT2D eigenvalue weighted by molar-refractivity contribution is 7.99. The second kappa shape index (κ2) is 7.63. The Kier molecular flexibility index (Phi) is 6.11. The van der Waals surface area contributed by atoms with Crippen LogP contribution in [-0.2, 0) is 9.84 Å². The Labute approximate surface area is 151 Å². The normalized spacial score (nSPS) is 18.7. The number of hydrogen-bond acceptors (Lipinski definition) is 5. The average Bonchev–Trinajstić information content (AvgIpc) is 2.59. The SMILES string of the molecule is CCS(=O)(=O)[C@@H]1CC=CN=C1c1ccc(SCC(F)(F)C(F)(F)F)cn1. The molecule has 0 radical (unpaired) electrons. The van der Waals surface area contributed by atoms with Crippen LogP contribution in [0.2, 0.25) is 0 Å². The van der Waals surface area contributed by atoms with Crippen LogP contribution in [0.1, 0.15) is 19.0 Å². The molecule has 4 nitrogen and oxygen atoms in total. The maximum atomic E-state index is 12.9. The number of nitrogens with zero attached hydrogens (tertiary/aromatic N) is 2. The Morgan fingerprint density at radius 3 is 2.46 bits per heavy atom. The number of thioether (sulfide) groups is 1. The van der Waals surface area contributed by atoms with Crippen molar-refractivity contribution in [3.05, 3.63) is 36.3 Å². The van der Waals surface area contributed by atoms with Gasteiger partial charge in [-0.3, -0.25) is 9.98 Å². The molecule has 144 valence electrons. The molecule has 2 heterocycles. The molecule has 0 aliphatic carbocycles. The van der Waals surface area contributed by atoms with Gasteiger partial charge in [0.25, 0.3) is 0 Å². The van der Waals surface area contributed by atoms with E-state index in [0.717, 1.165) is 6.20 Å². The van der Waals surface area contributed by atoms with Crippen LogP contribution >= 0.6 is 11.8 Å². The van der Waals surface area contributed by atoms with Crippen LogP contribution < -0.4 is 0 Å². The molecule has 0 fully saturated rings. The Morgan fingerprint density at radius 1 is 1.23 bits per heavy atom. The molecular formula is C15H15F5N2O2S2. The molecule has 0 aromatic carbocycles. The van der Waals surface area contributed by atoms with Crippen LogP contribution in [0.15, 0.2) is 40.5 Å². The molecule has 1 aromatic heterocycles. The molecule has 1 aliphatic heterocycles. The fourth-order valence-electron chi connectivity index (χ4n) is 2.13. The van der Waals surface area contributed by atoms with Gasteiger partial charge < -0.3 is 0 Å². The first-order chi connectivity index (χ1) is 12.0. The number of alkyl halides is 5. The summed E-state index contributed by atoms with van der Waals surface area (Å²) in [7, 11) is -3.43. The highest BCUT2D eigenvalue weighted by Gasteiger charge is 2.57. The van der Waals surface area contributed by atoms with Crippen LogP contribution in [0, 0.1) is 0 Å². The van der Waals surface area contributed by atoms with E-state index in [9.17, 15) is 30.4 Å². The van der Waals surface area contributed by atoms with Gasteiger partial charge in [-0.1, -0.05) is 13.0 Å². The Morgan fingerprint density at radius 2 is 1.92 bits per heavy atom. The van der Waals surface area contributed by atoms with Crippen molar-refractivity contribution in [2.75, 3.05) is 11.5 Å². The summed E-state index contributed by atoms with van der Waals surface area (Å²) in [5, 5.41) is -0.863. The lowest BCUT2D eigenvalue weighted by atomic mass is 10.1. The summed E-state index contributed by atoms with van der Waals surface area (Å²) >= 11 is 0.316. The molecule has 1 aliphatic rings. The maximum Gasteiger partial charge on any atom is 0.454 e. The van der Waals surface area contributed by atoms with Crippen molar-refractivity contribution in [2.24, 2.45) is 4.99 Å². The highest BCUT2D eigenvalue weighted by Crippen LogP contribution is 2.39. The average molecular weight is 414 g/mol. The minimum absolute atomic E-state index is 0.0784. The lowest BCUT2D eigenvalue weighted by Crippen LogP contribution is -2.38. The quantitative estimate of drug-likeness (QED) is 0.524. The van der Waals surface area contributed by atoms with E-state index in [2.05, 4.69) is 9.98 Å². The van der Waals surface area contributed by atoms with Crippen molar-refractivity contribution in [1.29, 1.82) is 0 Å². The number of halogens is 5. The first-order valence-electron chi connectivity index (χ1n) is 7.46. The maximum absolute atomic E-state index is 12.9. The van der Waals surface area contributed by atoms with E-state index in [-0.39, 0.29) is 28.5 Å². The second-order valence-electron chi connectivity index (χ2n) is 5.45. The van der Waals surface area contributed by atoms with E-state index in [1.807, 2.05) is 0 Å². The first kappa shape index (κ1) is 20.8. The van der Waals surface area contributed by atoms with Crippen LogP contribution in [-0.4, -0.2) is 48.0 Å². The smallest absolute Gasteiger partial charge is 0.258 e. The monoisotopic (exact) mass is 414 g/mol. The van der Waals surface area contributed by atoms with Crippen LogP contribution in [0.4, 0.5) is 22.0 Å². The third-order valence-electron chi connectivity index (χ3n) is 3.64. The number of rotatable bonds is 6. The van der Waals surface area contributed by atoms with Crippen molar-refractivity contribution >= 4 is 27.3 Å². The molecule has 0 saturated heterocycles. The number of pyridine rings is 1. The van der Waals surface area contributed by atoms with Gasteiger partial charge in [0.05, 0.1) is 17.2 Å². The first-order valence-corrected chi connectivity index (χ1v) is 10.2. The van der Waals surface area contributed by atoms with Gasteiger partial charge in [-0.2, -0.15) is 22.0 Å². The zero-order chi connectivity index (χ0) is 19.6. The number of aliphatic imine (C=N–C) groups is 1. The summed E-state index contributed by atoms with van der Waals surface area (Å²) in [4.78, 5) is 8.16. The van der Waals surface area contributed by atoms with Crippen LogP contribution in [0.5, 0.6) is 0 Å². The standard InChI is InChI=1S/C15H15F5N2O2S2/c1-2-26(23,24)12-4-3-7-21-13(12)11-6-5-10(8-22-11)25-9-14(16,17)15(18,19)20/h3,5-8,12H,2,4,9H2,1H3/t12-/m1/s1. The molecule has 0 bridgehead atoms. The zero-order valence-electron chi connectivity index (χ0n) is 13.5. The molecular weight excluding hydrogens is 399 g/mol. The van der Waals surface area contributed by atoms with Crippen molar-refractivity contribution in [2.45, 2.75) is 35.6 Å². The third-order valence-corrected chi connectivity index (χ3v) is 6.81. The van der Waals surface area contributed by atoms with Crippen molar-refractivity contribution in [3.63, 3.8) is 0 Å². The van der Waals surface area contributed by atoms with Gasteiger partial charge in [-0.05, 0) is 18.6 Å². The molecule has 26 heavy (non-hydrogen) atoms.